The minimum absolute atomic E-state index is 0.116. The van der Waals surface area contributed by atoms with Crippen LogP contribution in [-0.2, 0) is 4.79 Å². The summed E-state index contributed by atoms with van der Waals surface area (Å²) in [4.78, 5) is 22.2. The van der Waals surface area contributed by atoms with E-state index in [2.05, 4.69) is 10.3 Å². The summed E-state index contributed by atoms with van der Waals surface area (Å²) in [5.74, 6) is 2.67. The quantitative estimate of drug-likeness (QED) is 0.654. The van der Waals surface area contributed by atoms with Gasteiger partial charge in [0.1, 0.15) is 6.04 Å². The lowest BCUT2D eigenvalue weighted by molar-refractivity contribution is -0.116. The number of aromatic nitrogens is 4. The first-order valence-electron chi connectivity index (χ1n) is 10.4. The van der Waals surface area contributed by atoms with Crippen LogP contribution in [0.1, 0.15) is 31.0 Å². The largest absolute Gasteiger partial charge is 0.493 e. The summed E-state index contributed by atoms with van der Waals surface area (Å²) in [6.07, 6.45) is 3.85. The number of hydrogen-bond donors (Lipinski definition) is 1. The number of pyridine rings is 1. The van der Waals surface area contributed by atoms with Crippen LogP contribution in [0.5, 0.6) is 17.2 Å². The van der Waals surface area contributed by atoms with Crippen molar-refractivity contribution in [3.05, 3.63) is 53.5 Å². The Labute approximate surface area is 185 Å². The molecule has 9 heteroatoms. The summed E-state index contributed by atoms with van der Waals surface area (Å²) in [6, 6.07) is 8.85. The third-order valence-electron chi connectivity index (χ3n) is 5.76. The van der Waals surface area contributed by atoms with Gasteiger partial charge >= 0.3 is 0 Å². The van der Waals surface area contributed by atoms with Crippen molar-refractivity contribution >= 4 is 11.7 Å². The average Bonchev–Trinajstić information content (AvgIpc) is 3.26. The van der Waals surface area contributed by atoms with Crippen molar-refractivity contribution in [2.45, 2.75) is 25.3 Å². The Hall–Kier alpha value is -3.88. The second-order valence-electron chi connectivity index (χ2n) is 7.57. The number of nitrogens with zero attached hydrogens (tertiary/aromatic N) is 4. The van der Waals surface area contributed by atoms with Crippen LogP contribution in [0.2, 0.25) is 0 Å². The Bertz CT molecular complexity index is 1190. The summed E-state index contributed by atoms with van der Waals surface area (Å²) in [5, 5.41) is 8.11. The van der Waals surface area contributed by atoms with E-state index in [1.807, 2.05) is 18.2 Å². The number of hydrogen-bond acceptors (Lipinski definition) is 8. The van der Waals surface area contributed by atoms with Gasteiger partial charge in [0.15, 0.2) is 23.1 Å². The Morgan fingerprint density at radius 3 is 2.50 bits per heavy atom. The number of Topliss-reactive ketones (excluding diaryl/α,β-unsaturated/α-hetero) is 1. The van der Waals surface area contributed by atoms with Crippen LogP contribution in [0.25, 0.3) is 11.4 Å². The molecule has 5 rings (SSSR count). The third-order valence-corrected chi connectivity index (χ3v) is 5.76. The number of nitrogens with one attached hydrogen (secondary N) is 1. The van der Waals surface area contributed by atoms with E-state index in [4.69, 9.17) is 24.3 Å². The molecule has 1 unspecified atom stereocenters. The maximum absolute atomic E-state index is 12.9. The highest BCUT2D eigenvalue weighted by Gasteiger charge is 2.37. The number of carbonyl (C=O) groups is 1. The molecule has 0 radical (unpaired) electrons. The number of allylic oxidation sites excluding steroid dienone is 2. The molecule has 9 nitrogen and oxygen atoms in total. The zero-order valence-corrected chi connectivity index (χ0v) is 18.1. The van der Waals surface area contributed by atoms with Gasteiger partial charge < -0.3 is 19.5 Å². The highest BCUT2D eigenvalue weighted by Crippen LogP contribution is 2.43. The molecule has 2 aromatic heterocycles. The topological polar surface area (TPSA) is 100 Å². The second-order valence-corrected chi connectivity index (χ2v) is 7.57. The number of ether oxygens (including phenoxy) is 3. The molecule has 0 spiro atoms. The summed E-state index contributed by atoms with van der Waals surface area (Å²) in [6.45, 7) is 0. The molecule has 2 aliphatic rings. The molecule has 0 amide bonds. The second kappa shape index (κ2) is 7.99. The standard InChI is InChI=1S/C23H23N5O4/c1-30-17-11-13(12-18(31-2)21(17)32-3)22-26-23-25-14-8-6-9-16(29)19(14)20(28(23)27-22)15-7-4-5-10-24-15/h4-5,7,10-12,20H,6,8-9H2,1-3H3,(H,25,26,27). The number of benzene rings is 1. The molecule has 1 N–H and O–H groups in total. The summed E-state index contributed by atoms with van der Waals surface area (Å²) in [5.41, 5.74) is 3.06. The van der Waals surface area contributed by atoms with E-state index in [1.165, 1.54) is 0 Å². The first-order chi connectivity index (χ1) is 15.6. The van der Waals surface area contributed by atoms with Crippen LogP contribution in [-0.4, -0.2) is 46.9 Å². The Balaban J connectivity index is 1.66. The van der Waals surface area contributed by atoms with Gasteiger partial charge in [0.05, 0.1) is 27.0 Å². The first-order valence-corrected chi connectivity index (χ1v) is 10.4. The SMILES string of the molecule is COc1cc(-c2nc3n(n2)C(c2ccccn2)C2=C(CCCC2=O)N3)cc(OC)c1OC. The van der Waals surface area contributed by atoms with E-state index in [-0.39, 0.29) is 5.78 Å². The van der Waals surface area contributed by atoms with Crippen molar-refractivity contribution in [2.24, 2.45) is 0 Å². The van der Waals surface area contributed by atoms with Crippen LogP contribution in [0, 0.1) is 0 Å². The molecule has 0 bridgehead atoms. The molecule has 1 aliphatic carbocycles. The lowest BCUT2D eigenvalue weighted by atomic mass is 9.87. The van der Waals surface area contributed by atoms with Crippen molar-refractivity contribution in [3.8, 4) is 28.6 Å². The lowest BCUT2D eigenvalue weighted by Crippen LogP contribution is -2.32. The van der Waals surface area contributed by atoms with Gasteiger partial charge in [-0.05, 0) is 37.1 Å². The number of carbonyl (C=O) groups excluding carboxylic acids is 1. The minimum Gasteiger partial charge on any atom is -0.493 e. The van der Waals surface area contributed by atoms with Crippen molar-refractivity contribution < 1.29 is 19.0 Å². The number of ketones is 1. The van der Waals surface area contributed by atoms with E-state index in [0.29, 0.717) is 46.6 Å². The molecular formula is C23H23N5O4. The molecule has 164 valence electrons. The van der Waals surface area contributed by atoms with Gasteiger partial charge in [-0.2, -0.15) is 4.98 Å². The lowest BCUT2D eigenvalue weighted by Gasteiger charge is -2.31. The first kappa shape index (κ1) is 20.0. The molecule has 3 heterocycles. The Morgan fingerprint density at radius 1 is 1.06 bits per heavy atom. The van der Waals surface area contributed by atoms with Gasteiger partial charge in [-0.25, -0.2) is 4.68 Å². The van der Waals surface area contributed by atoms with E-state index in [0.717, 1.165) is 24.2 Å². The third kappa shape index (κ3) is 3.17. The zero-order valence-electron chi connectivity index (χ0n) is 18.1. The zero-order chi connectivity index (χ0) is 22.2. The van der Waals surface area contributed by atoms with Crippen LogP contribution < -0.4 is 19.5 Å². The van der Waals surface area contributed by atoms with E-state index < -0.39 is 6.04 Å². The normalized spacial score (nSPS) is 17.3. The molecule has 0 saturated heterocycles. The molecule has 3 aromatic rings. The molecule has 1 aromatic carbocycles. The fraction of sp³-hybridized carbons (Fsp3) is 0.304. The molecule has 1 atom stereocenters. The fourth-order valence-electron chi connectivity index (χ4n) is 4.30. The van der Waals surface area contributed by atoms with Crippen LogP contribution >= 0.6 is 0 Å². The van der Waals surface area contributed by atoms with Crippen LogP contribution in [0.3, 0.4) is 0 Å². The van der Waals surface area contributed by atoms with Gasteiger partial charge in [-0.15, -0.1) is 5.10 Å². The Morgan fingerprint density at radius 2 is 1.84 bits per heavy atom. The monoisotopic (exact) mass is 433 g/mol. The highest BCUT2D eigenvalue weighted by atomic mass is 16.5. The summed E-state index contributed by atoms with van der Waals surface area (Å²) < 4.78 is 18.1. The van der Waals surface area contributed by atoms with Crippen LogP contribution in [0.4, 0.5) is 5.95 Å². The van der Waals surface area contributed by atoms with Crippen molar-refractivity contribution in [1.82, 2.24) is 19.7 Å². The smallest absolute Gasteiger partial charge is 0.226 e. The van der Waals surface area contributed by atoms with Crippen molar-refractivity contribution in [3.63, 3.8) is 0 Å². The Kier molecular flexibility index (Phi) is 5.01. The maximum Gasteiger partial charge on any atom is 0.226 e. The molecular weight excluding hydrogens is 410 g/mol. The fourth-order valence-corrected chi connectivity index (χ4v) is 4.30. The minimum atomic E-state index is -0.432. The number of fused-ring (bicyclic) bond motifs is 1. The highest BCUT2D eigenvalue weighted by molar-refractivity contribution is 5.99. The predicted molar refractivity (Wildman–Crippen MR) is 117 cm³/mol. The number of methoxy groups -OCH3 is 3. The van der Waals surface area contributed by atoms with E-state index in [1.54, 1.807) is 44.3 Å². The van der Waals surface area contributed by atoms with Crippen molar-refractivity contribution in [2.75, 3.05) is 26.6 Å². The predicted octanol–water partition coefficient (Wildman–Crippen LogP) is 3.39. The van der Waals surface area contributed by atoms with Gasteiger partial charge in [0, 0.05) is 29.5 Å². The van der Waals surface area contributed by atoms with Gasteiger partial charge in [0.25, 0.3) is 0 Å². The van der Waals surface area contributed by atoms with E-state index in [9.17, 15) is 4.79 Å². The number of rotatable bonds is 5. The molecule has 0 fully saturated rings. The van der Waals surface area contributed by atoms with Gasteiger partial charge in [0.2, 0.25) is 11.7 Å². The van der Waals surface area contributed by atoms with E-state index >= 15 is 0 Å². The van der Waals surface area contributed by atoms with Gasteiger partial charge in [-0.3, -0.25) is 9.78 Å². The molecule has 0 saturated carbocycles. The summed E-state index contributed by atoms with van der Waals surface area (Å²) >= 11 is 0. The van der Waals surface area contributed by atoms with Crippen LogP contribution in [0.15, 0.2) is 47.8 Å². The van der Waals surface area contributed by atoms with Crippen molar-refractivity contribution in [1.29, 1.82) is 0 Å². The molecule has 32 heavy (non-hydrogen) atoms. The summed E-state index contributed by atoms with van der Waals surface area (Å²) in [7, 11) is 4.69. The average molecular weight is 433 g/mol. The number of anilines is 1. The molecule has 1 aliphatic heterocycles. The van der Waals surface area contributed by atoms with Gasteiger partial charge in [-0.1, -0.05) is 6.07 Å². The maximum atomic E-state index is 12.9.